The topological polar surface area (TPSA) is 19.6 Å². The van der Waals surface area contributed by atoms with E-state index in [-0.39, 0.29) is 50.0 Å². The van der Waals surface area contributed by atoms with Crippen molar-refractivity contribution < 1.29 is 4.42 Å². The van der Waals surface area contributed by atoms with Gasteiger partial charge in [-0.3, -0.25) is 0 Å². The molecule has 0 amide bonds. The minimum atomic E-state index is -0.00212. The molecule has 7 aliphatic rings. The van der Waals surface area contributed by atoms with Crippen LogP contribution in [-0.2, 0) is 43.3 Å². The highest BCUT2D eigenvalue weighted by Crippen LogP contribution is 2.56. The lowest BCUT2D eigenvalue weighted by Gasteiger charge is -2.48. The third kappa shape index (κ3) is 7.55. The van der Waals surface area contributed by atoms with E-state index in [1.54, 1.807) is 0 Å². The fraction of sp³-hybridized carbons (Fsp3) is 0.520. The average Bonchev–Trinajstić information content (AvgIpc) is 3.10. The molecule has 1 saturated carbocycles. The first-order valence-electron chi connectivity index (χ1n) is 31.3. The summed E-state index contributed by atoms with van der Waals surface area (Å²) in [5.74, 6) is 0.508. The van der Waals surface area contributed by atoms with Crippen molar-refractivity contribution in [3.05, 3.63) is 134 Å². The Labute approximate surface area is 475 Å². The molecule has 1 aromatic heterocycles. The van der Waals surface area contributed by atoms with Gasteiger partial charge in [0.2, 0.25) is 0 Å². The van der Waals surface area contributed by atoms with Gasteiger partial charge in [-0.1, -0.05) is 154 Å². The van der Waals surface area contributed by atoms with Crippen LogP contribution in [0.1, 0.15) is 256 Å². The second-order valence-corrected chi connectivity index (χ2v) is 32.3. The second-order valence-electron chi connectivity index (χ2n) is 32.3. The van der Waals surface area contributed by atoms with Gasteiger partial charge in [-0.15, -0.1) is 0 Å². The van der Waals surface area contributed by atoms with Crippen LogP contribution in [0.15, 0.2) is 83.3 Å². The van der Waals surface area contributed by atoms with Gasteiger partial charge in [0.1, 0.15) is 11.2 Å². The lowest BCUT2D eigenvalue weighted by Crippen LogP contribution is -2.62. The second kappa shape index (κ2) is 16.5. The summed E-state index contributed by atoms with van der Waals surface area (Å²) in [6.07, 6.45) is 15.9. The van der Waals surface area contributed by atoms with Gasteiger partial charge < -0.3 is 14.2 Å². The Morgan fingerprint density at radius 2 is 0.797 bits per heavy atom. The fourth-order valence-electron chi connectivity index (χ4n) is 17.3. The van der Waals surface area contributed by atoms with Crippen LogP contribution in [0.2, 0.25) is 0 Å². The molecule has 0 unspecified atom stereocenters. The Morgan fingerprint density at radius 1 is 0.380 bits per heavy atom. The molecule has 6 aromatic carbocycles. The maximum absolute atomic E-state index is 7.34. The third-order valence-corrected chi connectivity index (χ3v) is 23.2. The zero-order chi connectivity index (χ0) is 55.7. The minimum Gasteiger partial charge on any atom is -0.456 e. The number of fused-ring (bicyclic) bond motifs is 11. The molecule has 79 heavy (non-hydrogen) atoms. The molecule has 0 N–H and O–H groups in total. The van der Waals surface area contributed by atoms with Gasteiger partial charge >= 0.3 is 0 Å². The van der Waals surface area contributed by atoms with E-state index in [2.05, 4.69) is 206 Å². The molecule has 0 bridgehead atoms. The van der Waals surface area contributed by atoms with Crippen LogP contribution in [0.5, 0.6) is 0 Å². The van der Waals surface area contributed by atoms with E-state index in [4.69, 9.17) is 4.42 Å². The van der Waals surface area contributed by atoms with Crippen LogP contribution < -0.4 is 26.2 Å². The largest absolute Gasteiger partial charge is 0.456 e. The SMILES string of the molecule is Cc1cc2c(cc1N1c3cc4oc5cc6c(cc5c4cc3B3c4cc5c(cc4N(c4ccc7c(c4)C(C)(C)CCC7(C)C)c4cc(C7CCCCC7)cc1c43)C(C)(C)CCC5(C)C)C(C)(C)CCC6(C)C)C(C)(C)CCC2(C)C. The van der Waals surface area contributed by atoms with Gasteiger partial charge in [0.15, 0.2) is 0 Å². The molecular formula is C75H91BN2O. The Balaban J connectivity index is 1.14. The molecule has 1 fully saturated rings. The molecule has 0 atom stereocenters. The number of benzene rings is 6. The van der Waals surface area contributed by atoms with Gasteiger partial charge in [0.05, 0.1) is 0 Å². The first-order chi connectivity index (χ1) is 37.0. The highest BCUT2D eigenvalue weighted by atomic mass is 16.3. The summed E-state index contributed by atoms with van der Waals surface area (Å²) in [4.78, 5) is 5.59. The van der Waals surface area contributed by atoms with Crippen molar-refractivity contribution in [1.29, 1.82) is 0 Å². The number of aryl methyl sites for hydroxylation is 1. The number of furan rings is 1. The van der Waals surface area contributed by atoms with Gasteiger partial charge in [-0.05, 0) is 241 Å². The quantitative estimate of drug-likeness (QED) is 0.164. The van der Waals surface area contributed by atoms with Crippen molar-refractivity contribution in [2.45, 2.75) is 250 Å². The molecule has 3 nitrogen and oxygen atoms in total. The molecule has 7 aromatic rings. The first kappa shape index (κ1) is 51.9. The molecule has 0 spiro atoms. The van der Waals surface area contributed by atoms with Gasteiger partial charge in [0, 0.05) is 51.0 Å². The minimum absolute atomic E-state index is 0.00212. The van der Waals surface area contributed by atoms with Crippen molar-refractivity contribution in [1.82, 2.24) is 0 Å². The summed E-state index contributed by atoms with van der Waals surface area (Å²) in [5.41, 5.74) is 29.8. The summed E-state index contributed by atoms with van der Waals surface area (Å²) in [6.45, 7) is 42.3. The smallest absolute Gasteiger partial charge is 0.252 e. The maximum Gasteiger partial charge on any atom is 0.252 e. The Morgan fingerprint density at radius 3 is 1.37 bits per heavy atom. The van der Waals surface area contributed by atoms with Crippen molar-refractivity contribution in [2.75, 3.05) is 9.80 Å². The zero-order valence-corrected chi connectivity index (χ0v) is 51.7. The Kier molecular flexibility index (Phi) is 10.8. The van der Waals surface area contributed by atoms with Gasteiger partial charge in [-0.2, -0.15) is 0 Å². The van der Waals surface area contributed by atoms with E-state index >= 15 is 0 Å². The molecule has 5 aliphatic carbocycles. The summed E-state index contributed by atoms with van der Waals surface area (Å²) in [5, 5.41) is 2.50. The summed E-state index contributed by atoms with van der Waals surface area (Å²) >= 11 is 0. The summed E-state index contributed by atoms with van der Waals surface area (Å²) in [7, 11) is 0. The van der Waals surface area contributed by atoms with E-state index in [9.17, 15) is 0 Å². The number of hydrogen-bond donors (Lipinski definition) is 0. The molecule has 2 aliphatic heterocycles. The number of anilines is 6. The number of nitrogens with zero attached hydrogens (tertiary/aromatic N) is 2. The first-order valence-corrected chi connectivity index (χ1v) is 31.3. The molecule has 3 heterocycles. The predicted molar refractivity (Wildman–Crippen MR) is 339 cm³/mol. The van der Waals surface area contributed by atoms with Crippen molar-refractivity contribution in [3.8, 4) is 0 Å². The van der Waals surface area contributed by atoms with E-state index < -0.39 is 0 Å². The van der Waals surface area contributed by atoms with Crippen molar-refractivity contribution in [3.63, 3.8) is 0 Å². The van der Waals surface area contributed by atoms with Crippen LogP contribution in [0, 0.1) is 6.92 Å². The highest BCUT2D eigenvalue weighted by molar-refractivity contribution is 7.00. The standard InChI is InChI=1S/C75H91BN2O/c1-44-33-51-55(73(12,13)30-27-69(51,4)5)40-60(44)78-62-43-66-49(48-37-53-57(42-65(48)79-66)75(16,17)32-28-71(53,8)9)38-58(62)76-59-39-54-56(74(14,15)31-29-72(54,10)11)41-61(59)77(47-23-24-50-52(36-47)70(6,7)26-25-68(50,2)3)63-34-46(35-64(78)67(63)76)45-21-19-18-20-22-45/h23-24,33-43,45H,18-22,25-32H2,1-17H3. The van der Waals surface area contributed by atoms with Crippen LogP contribution >= 0.6 is 0 Å². The molecular weight excluding hydrogens is 956 g/mol. The average molecular weight is 1050 g/mol. The normalized spacial score (nSPS) is 23.0. The van der Waals surface area contributed by atoms with Crippen molar-refractivity contribution in [2.24, 2.45) is 0 Å². The van der Waals surface area contributed by atoms with E-state index in [1.807, 2.05) is 0 Å². The molecule has 0 radical (unpaired) electrons. The fourth-order valence-corrected chi connectivity index (χ4v) is 17.3. The summed E-state index contributed by atoms with van der Waals surface area (Å²) in [6, 6.07) is 34.1. The monoisotopic (exact) mass is 1050 g/mol. The number of rotatable bonds is 3. The van der Waals surface area contributed by atoms with E-state index in [0.717, 1.165) is 11.2 Å². The van der Waals surface area contributed by atoms with Crippen LogP contribution in [0.3, 0.4) is 0 Å². The highest BCUT2D eigenvalue weighted by Gasteiger charge is 2.49. The molecule has 410 valence electrons. The lowest BCUT2D eigenvalue weighted by atomic mass is 9.33. The van der Waals surface area contributed by atoms with Crippen LogP contribution in [0.4, 0.5) is 34.1 Å². The summed E-state index contributed by atoms with van der Waals surface area (Å²) < 4.78 is 7.34. The lowest BCUT2D eigenvalue weighted by molar-refractivity contribution is 0.332. The van der Waals surface area contributed by atoms with Gasteiger partial charge in [0.25, 0.3) is 6.71 Å². The Hall–Kier alpha value is -5.22. The molecule has 14 rings (SSSR count). The third-order valence-electron chi connectivity index (χ3n) is 23.2. The number of hydrogen-bond acceptors (Lipinski definition) is 3. The zero-order valence-electron chi connectivity index (χ0n) is 51.7. The van der Waals surface area contributed by atoms with Crippen LogP contribution in [-0.4, -0.2) is 6.71 Å². The molecule has 4 heteroatoms. The van der Waals surface area contributed by atoms with Crippen molar-refractivity contribution >= 4 is 79.2 Å². The van der Waals surface area contributed by atoms with Crippen LogP contribution in [0.25, 0.3) is 21.9 Å². The van der Waals surface area contributed by atoms with E-state index in [1.165, 1.54) is 200 Å². The Bertz CT molecular complexity index is 3770. The van der Waals surface area contributed by atoms with Gasteiger partial charge in [-0.25, -0.2) is 0 Å². The van der Waals surface area contributed by atoms with E-state index in [0.29, 0.717) is 5.92 Å². The molecule has 0 saturated heterocycles. The maximum atomic E-state index is 7.34. The predicted octanol–water partition coefficient (Wildman–Crippen LogP) is 19.4.